The van der Waals surface area contributed by atoms with Crippen LogP contribution in [0.3, 0.4) is 0 Å². The topological polar surface area (TPSA) is 78.9 Å². The van der Waals surface area contributed by atoms with E-state index in [1.165, 1.54) is 89.9 Å². The van der Waals surface area contributed by atoms with Crippen LogP contribution in [0.2, 0.25) is 0 Å². The van der Waals surface area contributed by atoms with Gasteiger partial charge in [0.05, 0.1) is 0 Å². The fraction of sp³-hybridized carbons (Fsp3) is 0.610. The molecule has 0 radical (unpaired) electrons. The summed E-state index contributed by atoms with van der Waals surface area (Å²) >= 11 is 0. The molecule has 0 aromatic rings. The molecule has 0 saturated carbocycles. The Bertz CT molecular complexity index is 1400. The summed E-state index contributed by atoms with van der Waals surface area (Å²) in [7, 11) is 0. The monoisotopic (exact) mass is 899 g/mol. The predicted octanol–water partition coefficient (Wildman–Crippen LogP) is 17.3. The smallest absolute Gasteiger partial charge is 0.306 e. The molecule has 0 aliphatic carbocycles. The highest BCUT2D eigenvalue weighted by molar-refractivity contribution is 5.71. The van der Waals surface area contributed by atoms with Gasteiger partial charge >= 0.3 is 17.9 Å². The Morgan fingerprint density at radius 3 is 1.22 bits per heavy atom. The summed E-state index contributed by atoms with van der Waals surface area (Å²) in [6.45, 7) is 6.27. The summed E-state index contributed by atoms with van der Waals surface area (Å²) in [6.07, 6.45) is 72.0. The SMILES string of the molecule is CC\C=C/C=C\C=C/C=C\C=C\C=C/CCCCCC(=O)OC(COC(=O)CCC/C=C\C/C=C\C/C=C\CC)COC(=O)CCCCCCCCC/C=C\CCCCCCCCCC. The molecule has 65 heavy (non-hydrogen) atoms. The first-order valence-electron chi connectivity index (χ1n) is 26.1. The first-order chi connectivity index (χ1) is 32.0. The van der Waals surface area contributed by atoms with Crippen LogP contribution in [-0.4, -0.2) is 37.2 Å². The molecule has 0 aliphatic rings. The summed E-state index contributed by atoms with van der Waals surface area (Å²) in [5.41, 5.74) is 0. The molecule has 1 unspecified atom stereocenters. The van der Waals surface area contributed by atoms with Crippen molar-refractivity contribution < 1.29 is 28.6 Å². The Morgan fingerprint density at radius 1 is 0.338 bits per heavy atom. The van der Waals surface area contributed by atoms with E-state index in [2.05, 4.69) is 81.5 Å². The maximum Gasteiger partial charge on any atom is 0.306 e. The van der Waals surface area contributed by atoms with E-state index in [4.69, 9.17) is 14.2 Å². The van der Waals surface area contributed by atoms with Gasteiger partial charge < -0.3 is 14.2 Å². The van der Waals surface area contributed by atoms with E-state index < -0.39 is 6.10 Å². The van der Waals surface area contributed by atoms with Crippen molar-refractivity contribution in [3.63, 3.8) is 0 Å². The lowest BCUT2D eigenvalue weighted by Gasteiger charge is -2.18. The third-order valence-electron chi connectivity index (χ3n) is 10.6. The van der Waals surface area contributed by atoms with Crippen molar-refractivity contribution in [2.24, 2.45) is 0 Å². The number of allylic oxidation sites excluding steroid dienone is 20. The summed E-state index contributed by atoms with van der Waals surface area (Å²) in [6, 6.07) is 0. The molecule has 0 aromatic heterocycles. The molecule has 0 bridgehead atoms. The highest BCUT2D eigenvalue weighted by atomic mass is 16.6. The Labute approximate surface area is 399 Å². The van der Waals surface area contributed by atoms with Crippen molar-refractivity contribution in [2.45, 2.75) is 219 Å². The van der Waals surface area contributed by atoms with Crippen LogP contribution in [0, 0.1) is 0 Å². The van der Waals surface area contributed by atoms with Gasteiger partial charge in [-0.05, 0) is 89.9 Å². The highest BCUT2D eigenvalue weighted by Crippen LogP contribution is 2.13. The zero-order chi connectivity index (χ0) is 47.2. The number of hydrogen-bond donors (Lipinski definition) is 0. The summed E-state index contributed by atoms with van der Waals surface area (Å²) in [5.74, 6) is -1.03. The fourth-order valence-corrected chi connectivity index (χ4v) is 6.73. The van der Waals surface area contributed by atoms with Crippen molar-refractivity contribution in [3.8, 4) is 0 Å². The van der Waals surface area contributed by atoms with E-state index >= 15 is 0 Å². The molecule has 0 N–H and O–H groups in total. The van der Waals surface area contributed by atoms with Crippen LogP contribution in [-0.2, 0) is 28.6 Å². The van der Waals surface area contributed by atoms with E-state index in [0.29, 0.717) is 19.3 Å². The molecule has 0 aliphatic heterocycles. The van der Waals surface area contributed by atoms with Gasteiger partial charge in [0.15, 0.2) is 6.10 Å². The second-order valence-corrected chi connectivity index (χ2v) is 16.8. The van der Waals surface area contributed by atoms with Crippen molar-refractivity contribution in [1.29, 1.82) is 0 Å². The maximum atomic E-state index is 12.8. The average molecular weight is 899 g/mol. The van der Waals surface area contributed by atoms with Crippen LogP contribution in [0.1, 0.15) is 213 Å². The van der Waals surface area contributed by atoms with Gasteiger partial charge in [-0.25, -0.2) is 0 Å². The Hall–Kier alpha value is -4.19. The number of rotatable bonds is 45. The van der Waals surface area contributed by atoms with Crippen LogP contribution in [0.4, 0.5) is 0 Å². The van der Waals surface area contributed by atoms with Crippen molar-refractivity contribution in [1.82, 2.24) is 0 Å². The van der Waals surface area contributed by atoms with Crippen LogP contribution in [0.5, 0.6) is 0 Å². The van der Waals surface area contributed by atoms with Crippen LogP contribution < -0.4 is 0 Å². The molecule has 0 saturated heterocycles. The van der Waals surface area contributed by atoms with Gasteiger partial charge in [-0.15, -0.1) is 0 Å². The number of unbranched alkanes of at least 4 members (excludes halogenated alkanes) is 19. The lowest BCUT2D eigenvalue weighted by molar-refractivity contribution is -0.167. The molecular formula is C59H94O6. The predicted molar refractivity (Wildman–Crippen MR) is 279 cm³/mol. The van der Waals surface area contributed by atoms with Gasteiger partial charge in [0.25, 0.3) is 0 Å². The van der Waals surface area contributed by atoms with Gasteiger partial charge in [0.1, 0.15) is 13.2 Å². The normalized spacial score (nSPS) is 13.1. The molecule has 0 spiro atoms. The molecule has 6 heteroatoms. The molecular weight excluding hydrogens is 805 g/mol. The summed E-state index contributed by atoms with van der Waals surface area (Å²) < 4.78 is 16.7. The average Bonchev–Trinajstić information content (AvgIpc) is 3.30. The largest absolute Gasteiger partial charge is 0.462 e. The van der Waals surface area contributed by atoms with E-state index in [0.717, 1.165) is 70.6 Å². The molecule has 0 rings (SSSR count). The minimum Gasteiger partial charge on any atom is -0.462 e. The Balaban J connectivity index is 4.50. The second kappa shape index (κ2) is 52.4. The third kappa shape index (κ3) is 50.7. The molecule has 0 aromatic carbocycles. The molecule has 0 fully saturated rings. The lowest BCUT2D eigenvalue weighted by atomic mass is 10.1. The molecule has 6 nitrogen and oxygen atoms in total. The fourth-order valence-electron chi connectivity index (χ4n) is 6.73. The third-order valence-corrected chi connectivity index (χ3v) is 10.6. The number of ether oxygens (including phenoxy) is 3. The highest BCUT2D eigenvalue weighted by Gasteiger charge is 2.19. The maximum absolute atomic E-state index is 12.8. The summed E-state index contributed by atoms with van der Waals surface area (Å²) in [5, 5.41) is 0. The first-order valence-corrected chi connectivity index (χ1v) is 26.1. The molecule has 0 heterocycles. The molecule has 1 atom stereocenters. The standard InChI is InChI=1S/C59H94O6/c1-4-7-10-13-16-19-22-24-26-28-29-31-32-34-37-40-43-46-49-52-58(61)64-55-56(54-63-57(60)51-48-45-42-39-36-21-18-15-12-9-6-3)65-59(62)53-50-47-44-41-38-35-33-30-27-25-23-20-17-14-11-8-5-2/h8-9,11-12,14,17-18,20-21,23,25,27-30,33,35,38-39,42,56H,4-7,10,13,15-16,19,22,24,26,31-32,34,36-37,40-41,43-55H2,1-3H3/b11-8-,12-9-,17-14-,21-18-,23-20-,27-25-,29-28-,33-30+,38-35-,42-39-. The molecule has 0 amide bonds. The minimum absolute atomic E-state index is 0.118. The first kappa shape index (κ1) is 60.8. The van der Waals surface area contributed by atoms with E-state index in [1.807, 2.05) is 60.8 Å². The van der Waals surface area contributed by atoms with E-state index in [1.54, 1.807) is 0 Å². The Kier molecular flexibility index (Phi) is 49.1. The van der Waals surface area contributed by atoms with Gasteiger partial charge in [-0.3, -0.25) is 14.4 Å². The number of carbonyl (C=O) groups is 3. The number of hydrogen-bond acceptors (Lipinski definition) is 6. The zero-order valence-electron chi connectivity index (χ0n) is 41.7. The lowest BCUT2D eigenvalue weighted by Crippen LogP contribution is -2.30. The number of carbonyl (C=O) groups excluding carboxylic acids is 3. The quantitative estimate of drug-likeness (QED) is 0.0199. The summed E-state index contributed by atoms with van der Waals surface area (Å²) in [4.78, 5) is 37.9. The number of esters is 3. The van der Waals surface area contributed by atoms with Gasteiger partial charge in [-0.2, -0.15) is 0 Å². The zero-order valence-corrected chi connectivity index (χ0v) is 41.7. The second-order valence-electron chi connectivity index (χ2n) is 16.8. The van der Waals surface area contributed by atoms with Crippen molar-refractivity contribution >= 4 is 17.9 Å². The van der Waals surface area contributed by atoms with Crippen LogP contribution >= 0.6 is 0 Å². The van der Waals surface area contributed by atoms with Gasteiger partial charge in [0, 0.05) is 19.3 Å². The Morgan fingerprint density at radius 2 is 0.692 bits per heavy atom. The van der Waals surface area contributed by atoms with Crippen LogP contribution in [0.25, 0.3) is 0 Å². The van der Waals surface area contributed by atoms with E-state index in [-0.39, 0.29) is 44.0 Å². The van der Waals surface area contributed by atoms with Crippen molar-refractivity contribution in [3.05, 3.63) is 122 Å². The van der Waals surface area contributed by atoms with Gasteiger partial charge in [-0.1, -0.05) is 226 Å². The van der Waals surface area contributed by atoms with Crippen molar-refractivity contribution in [2.75, 3.05) is 13.2 Å². The van der Waals surface area contributed by atoms with Crippen LogP contribution in [0.15, 0.2) is 122 Å². The van der Waals surface area contributed by atoms with Gasteiger partial charge in [0.2, 0.25) is 0 Å². The minimum atomic E-state index is -0.826. The molecule has 366 valence electrons. The van der Waals surface area contributed by atoms with E-state index in [9.17, 15) is 14.4 Å².